The second kappa shape index (κ2) is 9.31. The summed E-state index contributed by atoms with van der Waals surface area (Å²) >= 11 is 12.3. The smallest absolute Gasteiger partial charge is 0.262 e. The van der Waals surface area contributed by atoms with E-state index in [1.54, 1.807) is 19.1 Å². The first-order valence-corrected chi connectivity index (χ1v) is 9.32. The van der Waals surface area contributed by atoms with Gasteiger partial charge in [-0.05, 0) is 43.4 Å². The van der Waals surface area contributed by atoms with Crippen molar-refractivity contribution in [1.82, 2.24) is 5.32 Å². The molecule has 1 aromatic rings. The average Bonchev–Trinajstić information content (AvgIpc) is 2.59. The van der Waals surface area contributed by atoms with Gasteiger partial charge in [0.25, 0.3) is 5.91 Å². The van der Waals surface area contributed by atoms with Crippen molar-refractivity contribution in [3.63, 3.8) is 0 Å². The lowest BCUT2D eigenvalue weighted by Crippen LogP contribution is -2.54. The zero-order chi connectivity index (χ0) is 19.2. The van der Waals surface area contributed by atoms with Crippen molar-refractivity contribution >= 4 is 29.1 Å². The van der Waals surface area contributed by atoms with Gasteiger partial charge in [-0.25, -0.2) is 0 Å². The first-order valence-electron chi connectivity index (χ1n) is 8.56. The van der Waals surface area contributed by atoms with Gasteiger partial charge in [0.05, 0.1) is 11.1 Å². The number of carbonyl (C=O) groups is 1. The van der Waals surface area contributed by atoms with Crippen LogP contribution in [0.15, 0.2) is 12.1 Å². The van der Waals surface area contributed by atoms with Gasteiger partial charge in [0.2, 0.25) is 0 Å². The van der Waals surface area contributed by atoms with Crippen LogP contribution in [0, 0.1) is 24.2 Å². The van der Waals surface area contributed by atoms with Gasteiger partial charge >= 0.3 is 0 Å². The number of rotatable bonds is 8. The Morgan fingerprint density at radius 1 is 1.36 bits per heavy atom. The molecule has 1 N–H and O–H groups in total. The highest BCUT2D eigenvalue weighted by Crippen LogP contribution is 2.33. The lowest BCUT2D eigenvalue weighted by molar-refractivity contribution is -0.130. The van der Waals surface area contributed by atoms with Crippen LogP contribution in [-0.4, -0.2) is 17.6 Å². The van der Waals surface area contributed by atoms with E-state index in [4.69, 9.17) is 27.9 Å². The maximum atomic E-state index is 12.8. The topological polar surface area (TPSA) is 62.1 Å². The summed E-state index contributed by atoms with van der Waals surface area (Å²) in [7, 11) is 0. The summed E-state index contributed by atoms with van der Waals surface area (Å²) in [6, 6.07) is 5.61. The predicted octanol–water partition coefficient (Wildman–Crippen LogP) is 5.29. The zero-order valence-corrected chi connectivity index (χ0v) is 17.0. The standard InChI is InChI=1S/C19H26Cl2N2O2/c1-6-8-16(18(24)23-19(7-2,11-22)12(3)4)25-15-10-9-14(20)13(5)17(15)21/h9-10,12,16H,6-8H2,1-5H3,(H,23,24). The predicted molar refractivity (Wildman–Crippen MR) is 102 cm³/mol. The molecule has 6 heteroatoms. The highest BCUT2D eigenvalue weighted by atomic mass is 35.5. The summed E-state index contributed by atoms with van der Waals surface area (Å²) in [5.74, 6) is 0.0958. The molecule has 0 aliphatic rings. The molecule has 0 fully saturated rings. The van der Waals surface area contributed by atoms with Gasteiger partial charge < -0.3 is 10.1 Å². The third-order valence-corrected chi connectivity index (χ3v) is 5.37. The first-order chi connectivity index (χ1) is 11.7. The van der Waals surface area contributed by atoms with Crippen molar-refractivity contribution in [2.45, 2.75) is 65.5 Å². The lowest BCUT2D eigenvalue weighted by atomic mass is 9.85. The van der Waals surface area contributed by atoms with Crippen molar-refractivity contribution in [3.8, 4) is 11.8 Å². The fraction of sp³-hybridized carbons (Fsp3) is 0.579. The molecule has 0 aromatic heterocycles. The minimum absolute atomic E-state index is 0.0184. The molecule has 0 aliphatic carbocycles. The van der Waals surface area contributed by atoms with E-state index in [0.29, 0.717) is 34.2 Å². The molecule has 25 heavy (non-hydrogen) atoms. The van der Waals surface area contributed by atoms with Gasteiger partial charge in [-0.15, -0.1) is 0 Å². The summed E-state index contributed by atoms with van der Waals surface area (Å²) < 4.78 is 5.89. The van der Waals surface area contributed by atoms with Crippen LogP contribution in [0.3, 0.4) is 0 Å². The van der Waals surface area contributed by atoms with Crippen LogP contribution in [0.4, 0.5) is 0 Å². The van der Waals surface area contributed by atoms with Gasteiger partial charge in [0.15, 0.2) is 6.10 Å². The van der Waals surface area contributed by atoms with E-state index in [9.17, 15) is 10.1 Å². The van der Waals surface area contributed by atoms with Crippen molar-refractivity contribution in [3.05, 3.63) is 27.7 Å². The maximum absolute atomic E-state index is 12.8. The summed E-state index contributed by atoms with van der Waals surface area (Å²) in [6.45, 7) is 9.49. The van der Waals surface area contributed by atoms with E-state index < -0.39 is 11.6 Å². The summed E-state index contributed by atoms with van der Waals surface area (Å²) in [5, 5.41) is 13.4. The molecule has 0 saturated heterocycles. The molecule has 1 rings (SSSR count). The molecule has 0 saturated carbocycles. The Morgan fingerprint density at radius 3 is 2.48 bits per heavy atom. The van der Waals surface area contributed by atoms with E-state index in [2.05, 4.69) is 11.4 Å². The third kappa shape index (κ3) is 5.03. The Hall–Kier alpha value is -1.44. The monoisotopic (exact) mass is 384 g/mol. The average molecular weight is 385 g/mol. The number of ether oxygens (including phenoxy) is 1. The number of amides is 1. The fourth-order valence-electron chi connectivity index (χ4n) is 2.56. The molecule has 2 atom stereocenters. The van der Waals surface area contributed by atoms with E-state index in [1.807, 2.05) is 27.7 Å². The first kappa shape index (κ1) is 21.6. The van der Waals surface area contributed by atoms with Gasteiger partial charge in [-0.3, -0.25) is 4.79 Å². The molecular weight excluding hydrogens is 359 g/mol. The lowest BCUT2D eigenvalue weighted by Gasteiger charge is -2.32. The van der Waals surface area contributed by atoms with E-state index >= 15 is 0 Å². The van der Waals surface area contributed by atoms with E-state index in [1.165, 1.54) is 0 Å². The minimum Gasteiger partial charge on any atom is -0.479 e. The Morgan fingerprint density at radius 2 is 2.00 bits per heavy atom. The highest BCUT2D eigenvalue weighted by Gasteiger charge is 2.36. The fourth-order valence-corrected chi connectivity index (χ4v) is 2.98. The number of benzene rings is 1. The molecule has 0 radical (unpaired) electrons. The number of carbonyl (C=O) groups excluding carboxylic acids is 1. The Kier molecular flexibility index (Phi) is 8.05. The van der Waals surface area contributed by atoms with Crippen molar-refractivity contribution in [1.29, 1.82) is 5.26 Å². The summed E-state index contributed by atoms with van der Waals surface area (Å²) in [4.78, 5) is 12.8. The van der Waals surface area contributed by atoms with E-state index in [0.717, 1.165) is 6.42 Å². The van der Waals surface area contributed by atoms with Crippen molar-refractivity contribution in [2.75, 3.05) is 0 Å². The van der Waals surface area contributed by atoms with Crippen LogP contribution in [0.5, 0.6) is 5.75 Å². The molecule has 0 spiro atoms. The molecule has 138 valence electrons. The van der Waals surface area contributed by atoms with Crippen LogP contribution >= 0.6 is 23.2 Å². The molecule has 0 heterocycles. The maximum Gasteiger partial charge on any atom is 0.262 e. The molecule has 4 nitrogen and oxygen atoms in total. The molecule has 1 aromatic carbocycles. The van der Waals surface area contributed by atoms with Crippen LogP contribution in [0.25, 0.3) is 0 Å². The summed E-state index contributed by atoms with van der Waals surface area (Å²) in [5.41, 5.74) is -0.204. The van der Waals surface area contributed by atoms with Crippen LogP contribution < -0.4 is 10.1 Å². The Labute approximate surface area is 160 Å². The van der Waals surface area contributed by atoms with Crippen LogP contribution in [-0.2, 0) is 4.79 Å². The van der Waals surface area contributed by atoms with Gasteiger partial charge in [0.1, 0.15) is 11.3 Å². The van der Waals surface area contributed by atoms with E-state index in [-0.39, 0.29) is 11.8 Å². The number of hydrogen-bond acceptors (Lipinski definition) is 3. The molecule has 1 amide bonds. The largest absolute Gasteiger partial charge is 0.479 e. The number of nitriles is 1. The molecule has 0 bridgehead atoms. The number of hydrogen-bond donors (Lipinski definition) is 1. The Balaban J connectivity index is 3.06. The highest BCUT2D eigenvalue weighted by molar-refractivity contribution is 6.36. The minimum atomic E-state index is -0.911. The number of nitrogens with zero attached hydrogens (tertiary/aromatic N) is 1. The normalized spacial score (nSPS) is 14.5. The summed E-state index contributed by atoms with van der Waals surface area (Å²) in [6.07, 6.45) is 1.08. The third-order valence-electron chi connectivity index (χ3n) is 4.49. The molecular formula is C19H26Cl2N2O2. The molecule has 2 unspecified atom stereocenters. The molecule has 0 aliphatic heterocycles. The quantitative estimate of drug-likeness (QED) is 0.661. The second-order valence-corrected chi connectivity index (χ2v) is 7.25. The van der Waals surface area contributed by atoms with Crippen LogP contribution in [0.2, 0.25) is 10.0 Å². The van der Waals surface area contributed by atoms with Crippen molar-refractivity contribution in [2.24, 2.45) is 5.92 Å². The Bertz CT molecular complexity index is 656. The van der Waals surface area contributed by atoms with Gasteiger partial charge in [-0.2, -0.15) is 5.26 Å². The number of nitrogens with one attached hydrogen (secondary N) is 1. The number of halogens is 2. The SMILES string of the molecule is CCCC(Oc1ccc(Cl)c(C)c1Cl)C(=O)NC(C#N)(CC)C(C)C. The van der Waals surface area contributed by atoms with Gasteiger partial charge in [-0.1, -0.05) is 57.3 Å². The van der Waals surface area contributed by atoms with Crippen molar-refractivity contribution < 1.29 is 9.53 Å². The zero-order valence-electron chi connectivity index (χ0n) is 15.5. The van der Waals surface area contributed by atoms with Crippen LogP contribution in [0.1, 0.15) is 52.5 Å². The second-order valence-electron chi connectivity index (χ2n) is 6.46. The van der Waals surface area contributed by atoms with Gasteiger partial charge in [0, 0.05) is 5.02 Å².